The maximum Gasteiger partial charge on any atom is 0.165 e. The van der Waals surface area contributed by atoms with Gasteiger partial charge in [0.05, 0.1) is 16.7 Å². The summed E-state index contributed by atoms with van der Waals surface area (Å²) in [4.78, 5) is 12.5. The molecule has 12 aromatic rings. The van der Waals surface area contributed by atoms with E-state index in [-0.39, 0.29) is 0 Å². The summed E-state index contributed by atoms with van der Waals surface area (Å²) in [5.41, 5.74) is 16.1. The van der Waals surface area contributed by atoms with Gasteiger partial charge in [-0.05, 0) is 95.1 Å². The van der Waals surface area contributed by atoms with E-state index < -0.39 is 0 Å². The highest BCUT2D eigenvalue weighted by atomic mass is 15.1. The van der Waals surface area contributed by atoms with Crippen molar-refractivity contribution >= 4 is 66.5 Å². The molecule has 0 N–H and O–H groups in total. The predicted molar refractivity (Wildman–Crippen MR) is 253 cm³/mol. The average Bonchev–Trinajstić information content (AvgIpc) is 3.88. The smallest absolute Gasteiger partial charge is 0.165 e. The molecule has 0 radical (unpaired) electrons. The summed E-state index contributed by atoms with van der Waals surface area (Å²) in [6, 6.07) is 77.9. The van der Waals surface area contributed by atoms with Crippen LogP contribution in [0, 0.1) is 0 Å². The van der Waals surface area contributed by atoms with E-state index in [1.165, 1.54) is 32.9 Å². The minimum Gasteiger partial charge on any atom is -0.310 e. The molecule has 5 nitrogen and oxygen atoms in total. The van der Waals surface area contributed by atoms with Gasteiger partial charge in [-0.25, -0.2) is 9.97 Å². The summed E-state index contributed by atoms with van der Waals surface area (Å²) >= 11 is 0. The lowest BCUT2D eigenvalue weighted by atomic mass is 9.99. The summed E-state index contributed by atoms with van der Waals surface area (Å²) in [6.45, 7) is 0. The second kappa shape index (κ2) is 14.2. The Morgan fingerprint density at radius 3 is 1.59 bits per heavy atom. The number of benzene rings is 8. The van der Waals surface area contributed by atoms with Gasteiger partial charge < -0.3 is 9.47 Å². The van der Waals surface area contributed by atoms with Gasteiger partial charge in [-0.3, -0.25) is 4.40 Å². The van der Waals surface area contributed by atoms with Crippen molar-refractivity contribution in [2.45, 2.75) is 0 Å². The van der Waals surface area contributed by atoms with Crippen molar-refractivity contribution in [1.82, 2.24) is 18.9 Å². The van der Waals surface area contributed by atoms with Gasteiger partial charge in [0.1, 0.15) is 11.2 Å². The third kappa shape index (κ3) is 5.86. The van der Waals surface area contributed by atoms with Crippen LogP contribution < -0.4 is 4.90 Å². The van der Waals surface area contributed by atoms with E-state index in [1.54, 1.807) is 0 Å². The SMILES string of the molecule is c1ccc(-c2ccc(N(c3ccc(-c4ccc(-c5nc6c(nc7ccccn76)c6ccccc56)cc4)cc3)c3ccc4c(c3)c3ccccc3n4-c3ccccc3)cc2)cc1. The zero-order chi connectivity index (χ0) is 40.3. The standard InChI is InChI=1S/C56H37N5/c1-3-13-38(14-4-1)40-26-30-44(31-27-40)60(46-34-35-52-50(37-46)47-17-9-10-20-51(47)61(52)43-15-5-2-6-16-43)45-32-28-41(29-33-45)39-22-24-42(25-23-39)54-48-18-7-8-19-49(48)55-56(58-54)59-36-12-11-21-53(59)57-55/h1-37H. The number of hydrogen-bond acceptors (Lipinski definition) is 3. The van der Waals surface area contributed by atoms with Crippen LogP contribution in [-0.4, -0.2) is 18.9 Å². The topological polar surface area (TPSA) is 38.4 Å². The molecule has 4 aromatic heterocycles. The van der Waals surface area contributed by atoms with E-state index in [0.29, 0.717) is 0 Å². The normalized spacial score (nSPS) is 11.6. The van der Waals surface area contributed by atoms with E-state index in [0.717, 1.165) is 72.7 Å². The minimum atomic E-state index is 0.865. The van der Waals surface area contributed by atoms with E-state index in [9.17, 15) is 0 Å². The number of rotatable bonds is 7. The number of para-hydroxylation sites is 2. The van der Waals surface area contributed by atoms with E-state index in [4.69, 9.17) is 9.97 Å². The molecule has 8 aromatic carbocycles. The van der Waals surface area contributed by atoms with Crippen molar-refractivity contribution in [2.75, 3.05) is 4.90 Å². The van der Waals surface area contributed by atoms with Gasteiger partial charge in [0.25, 0.3) is 0 Å². The second-order valence-electron chi connectivity index (χ2n) is 15.5. The highest BCUT2D eigenvalue weighted by molar-refractivity contribution is 6.11. The maximum absolute atomic E-state index is 5.22. The Balaban J connectivity index is 0.937. The zero-order valence-corrected chi connectivity index (χ0v) is 33.1. The molecule has 0 saturated carbocycles. The second-order valence-corrected chi connectivity index (χ2v) is 15.5. The summed E-state index contributed by atoms with van der Waals surface area (Å²) in [5, 5.41) is 4.63. The lowest BCUT2D eigenvalue weighted by Gasteiger charge is -2.26. The van der Waals surface area contributed by atoms with E-state index >= 15 is 0 Å². The van der Waals surface area contributed by atoms with Crippen molar-refractivity contribution in [3.05, 3.63) is 225 Å². The van der Waals surface area contributed by atoms with Crippen LogP contribution >= 0.6 is 0 Å². The van der Waals surface area contributed by atoms with Gasteiger partial charge >= 0.3 is 0 Å². The van der Waals surface area contributed by atoms with Crippen LogP contribution in [0.3, 0.4) is 0 Å². The van der Waals surface area contributed by atoms with Gasteiger partial charge in [-0.2, -0.15) is 0 Å². The third-order valence-corrected chi connectivity index (χ3v) is 11.9. The van der Waals surface area contributed by atoms with Gasteiger partial charge in [-0.1, -0.05) is 146 Å². The fourth-order valence-corrected chi connectivity index (χ4v) is 9.01. The Morgan fingerprint density at radius 1 is 0.361 bits per heavy atom. The van der Waals surface area contributed by atoms with Gasteiger partial charge in [0.2, 0.25) is 0 Å². The molecule has 0 atom stereocenters. The van der Waals surface area contributed by atoms with Crippen LogP contribution in [-0.2, 0) is 0 Å². The number of aromatic nitrogens is 4. The van der Waals surface area contributed by atoms with Crippen LogP contribution in [0.5, 0.6) is 0 Å². The first kappa shape index (κ1) is 34.7. The monoisotopic (exact) mass is 779 g/mol. The molecule has 0 aliphatic rings. The predicted octanol–water partition coefficient (Wildman–Crippen LogP) is 14.6. The largest absolute Gasteiger partial charge is 0.310 e. The number of anilines is 3. The Labute approximate surface area is 352 Å². The molecule has 0 aliphatic heterocycles. The molecule has 286 valence electrons. The van der Waals surface area contributed by atoms with Gasteiger partial charge in [0, 0.05) is 56.1 Å². The lowest BCUT2D eigenvalue weighted by Crippen LogP contribution is -2.10. The lowest BCUT2D eigenvalue weighted by molar-refractivity contribution is 1.18. The molecule has 12 rings (SSSR count). The molecule has 5 heteroatoms. The molecule has 0 spiro atoms. The Kier molecular flexibility index (Phi) is 8.10. The molecule has 0 saturated heterocycles. The van der Waals surface area contributed by atoms with Crippen molar-refractivity contribution in [3.8, 4) is 39.2 Å². The van der Waals surface area contributed by atoms with E-state index in [2.05, 4.69) is 214 Å². The number of hydrogen-bond donors (Lipinski definition) is 0. The molecule has 0 amide bonds. The third-order valence-electron chi connectivity index (χ3n) is 11.9. The van der Waals surface area contributed by atoms with Crippen LogP contribution in [0.4, 0.5) is 17.1 Å². The molecule has 0 bridgehead atoms. The molecule has 4 heterocycles. The summed E-state index contributed by atoms with van der Waals surface area (Å²) in [5.74, 6) is 0. The van der Waals surface area contributed by atoms with Crippen molar-refractivity contribution in [3.63, 3.8) is 0 Å². The van der Waals surface area contributed by atoms with Gasteiger partial charge in [0.15, 0.2) is 5.65 Å². The zero-order valence-electron chi connectivity index (χ0n) is 33.1. The first-order chi connectivity index (χ1) is 30.2. The van der Waals surface area contributed by atoms with Crippen LogP contribution in [0.15, 0.2) is 225 Å². The van der Waals surface area contributed by atoms with Crippen molar-refractivity contribution < 1.29 is 0 Å². The summed E-state index contributed by atoms with van der Waals surface area (Å²) < 4.78 is 4.44. The maximum atomic E-state index is 5.22. The van der Waals surface area contributed by atoms with Crippen LogP contribution in [0.25, 0.3) is 88.6 Å². The molecule has 0 aliphatic carbocycles. The fourth-order valence-electron chi connectivity index (χ4n) is 9.01. The minimum absolute atomic E-state index is 0.865. The first-order valence-corrected chi connectivity index (χ1v) is 20.7. The number of pyridine rings is 2. The van der Waals surface area contributed by atoms with Crippen molar-refractivity contribution in [2.24, 2.45) is 0 Å². The van der Waals surface area contributed by atoms with Crippen LogP contribution in [0.1, 0.15) is 0 Å². The number of imidazole rings is 1. The fraction of sp³-hybridized carbons (Fsp3) is 0. The summed E-state index contributed by atoms with van der Waals surface area (Å²) in [7, 11) is 0. The van der Waals surface area contributed by atoms with Crippen LogP contribution in [0.2, 0.25) is 0 Å². The van der Waals surface area contributed by atoms with Gasteiger partial charge in [-0.15, -0.1) is 0 Å². The highest BCUT2D eigenvalue weighted by Crippen LogP contribution is 2.41. The highest BCUT2D eigenvalue weighted by Gasteiger charge is 2.19. The Hall–Kier alpha value is -8.28. The Morgan fingerprint density at radius 2 is 0.885 bits per heavy atom. The van der Waals surface area contributed by atoms with Crippen molar-refractivity contribution in [1.29, 1.82) is 0 Å². The molecular weight excluding hydrogens is 743 g/mol. The van der Waals surface area contributed by atoms with E-state index in [1.807, 2.05) is 24.4 Å². The first-order valence-electron chi connectivity index (χ1n) is 20.7. The number of fused-ring (bicyclic) bond motifs is 8. The average molecular weight is 780 g/mol. The molecular formula is C56H37N5. The quantitative estimate of drug-likeness (QED) is 0.162. The summed E-state index contributed by atoms with van der Waals surface area (Å²) in [6.07, 6.45) is 2.03. The Bertz CT molecular complexity index is 3550. The molecule has 61 heavy (non-hydrogen) atoms. The molecule has 0 fully saturated rings. The number of nitrogens with zero attached hydrogens (tertiary/aromatic N) is 5. The molecule has 0 unspecified atom stereocenters.